The Kier molecular flexibility index (Phi) is 2.92. The van der Waals surface area contributed by atoms with Crippen molar-refractivity contribution in [1.82, 2.24) is 9.97 Å². The molecule has 0 N–H and O–H groups in total. The fourth-order valence-electron chi connectivity index (χ4n) is 2.32. The summed E-state index contributed by atoms with van der Waals surface area (Å²) >= 11 is 6.06. The Morgan fingerprint density at radius 3 is 2.94 bits per heavy atom. The van der Waals surface area contributed by atoms with Crippen molar-refractivity contribution in [2.75, 3.05) is 11.4 Å². The van der Waals surface area contributed by atoms with Gasteiger partial charge >= 0.3 is 0 Å². The molecule has 0 radical (unpaired) electrons. The molecule has 0 saturated carbocycles. The molecule has 1 aliphatic rings. The zero-order chi connectivity index (χ0) is 12.5. The van der Waals surface area contributed by atoms with E-state index < -0.39 is 0 Å². The molecule has 0 spiro atoms. The van der Waals surface area contributed by atoms with Gasteiger partial charge in [-0.3, -0.25) is 0 Å². The van der Waals surface area contributed by atoms with Gasteiger partial charge in [-0.15, -0.1) is 0 Å². The van der Waals surface area contributed by atoms with E-state index in [1.807, 2.05) is 13.0 Å². The third-order valence-corrected chi connectivity index (χ3v) is 3.40. The number of benzene rings is 1. The minimum absolute atomic E-state index is 0.515. The summed E-state index contributed by atoms with van der Waals surface area (Å²) in [5, 5.41) is 0.515. The molecule has 1 aromatic heterocycles. The topological polar surface area (TPSA) is 29.0 Å². The molecule has 0 bridgehead atoms. The van der Waals surface area contributed by atoms with E-state index in [0.717, 1.165) is 31.0 Å². The minimum Gasteiger partial charge on any atom is -0.326 e. The van der Waals surface area contributed by atoms with Crippen LogP contribution >= 0.6 is 11.6 Å². The first kappa shape index (κ1) is 11.5. The molecule has 0 aliphatic carbocycles. The maximum absolute atomic E-state index is 6.06. The monoisotopic (exact) mass is 259 g/mol. The Morgan fingerprint density at radius 1 is 1.28 bits per heavy atom. The van der Waals surface area contributed by atoms with Gasteiger partial charge in [-0.2, -0.15) is 0 Å². The van der Waals surface area contributed by atoms with Gasteiger partial charge in [-0.1, -0.05) is 36.7 Å². The molecule has 0 unspecified atom stereocenters. The number of hydrogen-bond acceptors (Lipinski definition) is 3. The molecule has 2 aromatic rings. The molecular weight excluding hydrogens is 246 g/mol. The van der Waals surface area contributed by atoms with E-state index in [1.54, 1.807) is 0 Å². The second kappa shape index (κ2) is 4.58. The van der Waals surface area contributed by atoms with E-state index in [2.05, 4.69) is 39.1 Å². The van der Waals surface area contributed by atoms with Gasteiger partial charge in [0, 0.05) is 24.7 Å². The van der Waals surface area contributed by atoms with Crippen LogP contribution in [0.3, 0.4) is 0 Å². The largest absolute Gasteiger partial charge is 0.326 e. The highest BCUT2D eigenvalue weighted by Crippen LogP contribution is 2.33. The lowest BCUT2D eigenvalue weighted by Gasteiger charge is -2.18. The summed E-state index contributed by atoms with van der Waals surface area (Å²) in [6, 6.07) is 10.3. The summed E-state index contributed by atoms with van der Waals surface area (Å²) < 4.78 is 0. The molecule has 92 valence electrons. The Hall–Kier alpha value is -1.61. The van der Waals surface area contributed by atoms with Gasteiger partial charge in [0.05, 0.1) is 0 Å². The Morgan fingerprint density at radius 2 is 2.11 bits per heavy atom. The number of aromatic nitrogens is 2. The van der Waals surface area contributed by atoms with Crippen molar-refractivity contribution < 1.29 is 0 Å². The number of rotatable bonds is 2. The fraction of sp³-hybridized carbons (Fsp3) is 0.286. The van der Waals surface area contributed by atoms with Gasteiger partial charge in [0.15, 0.2) is 0 Å². The summed E-state index contributed by atoms with van der Waals surface area (Å²) in [4.78, 5) is 11.0. The van der Waals surface area contributed by atoms with E-state index >= 15 is 0 Å². The second-order valence-electron chi connectivity index (χ2n) is 4.35. The fourth-order valence-corrected chi connectivity index (χ4v) is 2.52. The maximum Gasteiger partial charge on any atom is 0.138 e. The standard InChI is InChI=1S/C14H14ClN3/c1-2-13-16-12(15)9-14(17-13)18-8-7-10-5-3-4-6-11(10)18/h3-6,9H,2,7-8H2,1H3. The Balaban J connectivity index is 2.04. The molecule has 0 fully saturated rings. The summed E-state index contributed by atoms with van der Waals surface area (Å²) in [6.45, 7) is 2.99. The predicted molar refractivity (Wildman–Crippen MR) is 73.6 cm³/mol. The van der Waals surface area contributed by atoms with E-state index in [-0.39, 0.29) is 0 Å². The van der Waals surface area contributed by atoms with E-state index in [0.29, 0.717) is 5.15 Å². The number of hydrogen-bond donors (Lipinski definition) is 0. The van der Waals surface area contributed by atoms with Crippen LogP contribution in [0.1, 0.15) is 18.3 Å². The van der Waals surface area contributed by atoms with Gasteiger partial charge in [-0.05, 0) is 18.1 Å². The third-order valence-electron chi connectivity index (χ3n) is 3.21. The molecule has 1 aliphatic heterocycles. The van der Waals surface area contributed by atoms with Crippen LogP contribution in [-0.2, 0) is 12.8 Å². The van der Waals surface area contributed by atoms with Crippen LogP contribution in [0.2, 0.25) is 5.15 Å². The smallest absolute Gasteiger partial charge is 0.138 e. The average molecular weight is 260 g/mol. The molecule has 18 heavy (non-hydrogen) atoms. The lowest BCUT2D eigenvalue weighted by atomic mass is 10.2. The van der Waals surface area contributed by atoms with Crippen molar-refractivity contribution in [3.05, 3.63) is 46.9 Å². The van der Waals surface area contributed by atoms with E-state index in [1.165, 1.54) is 11.3 Å². The van der Waals surface area contributed by atoms with Crippen LogP contribution in [0.4, 0.5) is 11.5 Å². The summed E-state index contributed by atoms with van der Waals surface area (Å²) in [7, 11) is 0. The van der Waals surface area contributed by atoms with E-state index in [9.17, 15) is 0 Å². The van der Waals surface area contributed by atoms with Gasteiger partial charge in [0.25, 0.3) is 0 Å². The number of para-hydroxylation sites is 1. The molecule has 3 rings (SSSR count). The van der Waals surface area contributed by atoms with Gasteiger partial charge < -0.3 is 4.90 Å². The second-order valence-corrected chi connectivity index (χ2v) is 4.74. The quantitative estimate of drug-likeness (QED) is 0.774. The zero-order valence-corrected chi connectivity index (χ0v) is 11.0. The number of halogens is 1. The molecule has 2 heterocycles. The molecule has 0 saturated heterocycles. The Labute approximate surface area is 111 Å². The number of anilines is 2. The first-order chi connectivity index (χ1) is 8.78. The molecule has 3 nitrogen and oxygen atoms in total. The zero-order valence-electron chi connectivity index (χ0n) is 10.2. The van der Waals surface area contributed by atoms with Gasteiger partial charge in [0.2, 0.25) is 0 Å². The summed E-state index contributed by atoms with van der Waals surface area (Å²) in [5.41, 5.74) is 2.60. The van der Waals surface area contributed by atoms with E-state index in [4.69, 9.17) is 11.6 Å². The average Bonchev–Trinajstić information content (AvgIpc) is 2.81. The predicted octanol–water partition coefficient (Wildman–Crippen LogP) is 3.39. The molecular formula is C14H14ClN3. The first-order valence-corrected chi connectivity index (χ1v) is 6.54. The number of aryl methyl sites for hydroxylation is 1. The van der Waals surface area contributed by atoms with Crippen LogP contribution in [-0.4, -0.2) is 16.5 Å². The highest BCUT2D eigenvalue weighted by molar-refractivity contribution is 6.29. The molecule has 4 heteroatoms. The summed E-state index contributed by atoms with van der Waals surface area (Å²) in [5.74, 6) is 1.69. The van der Waals surface area contributed by atoms with Crippen LogP contribution in [0.15, 0.2) is 30.3 Å². The highest BCUT2D eigenvalue weighted by Gasteiger charge is 2.21. The van der Waals surface area contributed by atoms with Crippen molar-refractivity contribution in [3.8, 4) is 0 Å². The number of fused-ring (bicyclic) bond motifs is 1. The van der Waals surface area contributed by atoms with Gasteiger partial charge in [-0.25, -0.2) is 9.97 Å². The lowest BCUT2D eigenvalue weighted by molar-refractivity contribution is 0.902. The third kappa shape index (κ3) is 1.95. The molecule has 0 atom stereocenters. The first-order valence-electron chi connectivity index (χ1n) is 6.17. The van der Waals surface area contributed by atoms with Crippen molar-refractivity contribution in [3.63, 3.8) is 0 Å². The van der Waals surface area contributed by atoms with Crippen molar-refractivity contribution in [2.24, 2.45) is 0 Å². The normalized spacial score (nSPS) is 13.8. The van der Waals surface area contributed by atoms with Gasteiger partial charge in [0.1, 0.15) is 16.8 Å². The van der Waals surface area contributed by atoms with Crippen molar-refractivity contribution in [1.29, 1.82) is 0 Å². The number of nitrogens with zero attached hydrogens (tertiary/aromatic N) is 3. The Bertz CT molecular complexity index is 583. The van der Waals surface area contributed by atoms with Crippen LogP contribution in [0.5, 0.6) is 0 Å². The molecule has 1 aromatic carbocycles. The highest BCUT2D eigenvalue weighted by atomic mass is 35.5. The lowest BCUT2D eigenvalue weighted by Crippen LogP contribution is -2.15. The van der Waals surface area contributed by atoms with Crippen molar-refractivity contribution in [2.45, 2.75) is 19.8 Å². The van der Waals surface area contributed by atoms with Crippen molar-refractivity contribution >= 4 is 23.1 Å². The maximum atomic E-state index is 6.06. The van der Waals surface area contributed by atoms with Crippen LogP contribution < -0.4 is 4.90 Å². The van der Waals surface area contributed by atoms with Crippen LogP contribution in [0.25, 0.3) is 0 Å². The van der Waals surface area contributed by atoms with Crippen LogP contribution in [0, 0.1) is 0 Å². The minimum atomic E-state index is 0.515. The SMILES string of the molecule is CCc1nc(Cl)cc(N2CCc3ccccc32)n1. The molecule has 0 amide bonds. The summed E-state index contributed by atoms with van der Waals surface area (Å²) in [6.07, 6.45) is 1.85.